The van der Waals surface area contributed by atoms with E-state index >= 15 is 0 Å². The minimum absolute atomic E-state index is 0.242. The average molecular weight is 378 g/mol. The highest BCUT2D eigenvalue weighted by molar-refractivity contribution is 6.09. The van der Waals surface area contributed by atoms with Gasteiger partial charge in [0.25, 0.3) is 0 Å². The van der Waals surface area contributed by atoms with Gasteiger partial charge in [0.05, 0.1) is 0 Å². The van der Waals surface area contributed by atoms with E-state index in [0.717, 1.165) is 5.56 Å². The zero-order valence-electron chi connectivity index (χ0n) is 15.5. The maximum atomic E-state index is 13.0. The van der Waals surface area contributed by atoms with Crippen LogP contribution in [0.25, 0.3) is 0 Å². The van der Waals surface area contributed by atoms with Crippen LogP contribution in [0.1, 0.15) is 28.4 Å². The third-order valence-electron chi connectivity index (χ3n) is 4.08. The lowest BCUT2D eigenvalue weighted by molar-refractivity contribution is -0.141. The topological polar surface area (TPSA) is 52.6 Å². The van der Waals surface area contributed by atoms with Crippen LogP contribution in [0.15, 0.2) is 72.8 Å². The molecule has 3 aromatic rings. The van der Waals surface area contributed by atoms with Gasteiger partial charge in [-0.05, 0) is 80.1 Å². The number of ether oxygens (including phenoxy) is 2. The molecule has 3 aromatic carbocycles. The molecule has 4 nitrogen and oxygen atoms in total. The van der Waals surface area contributed by atoms with E-state index < -0.39 is 17.9 Å². The highest BCUT2D eigenvalue weighted by Gasteiger charge is 2.18. The second-order valence-electron chi connectivity index (χ2n) is 6.36. The van der Waals surface area contributed by atoms with Crippen molar-refractivity contribution in [2.75, 3.05) is 0 Å². The van der Waals surface area contributed by atoms with Gasteiger partial charge in [0, 0.05) is 11.1 Å². The lowest BCUT2D eigenvalue weighted by Crippen LogP contribution is -2.28. The number of rotatable bonds is 6. The normalized spacial score (nSPS) is 11.5. The highest BCUT2D eigenvalue weighted by atomic mass is 19.1. The van der Waals surface area contributed by atoms with E-state index in [2.05, 4.69) is 0 Å². The molecule has 28 heavy (non-hydrogen) atoms. The molecule has 0 unspecified atom stereocenters. The predicted molar refractivity (Wildman–Crippen MR) is 103 cm³/mol. The van der Waals surface area contributed by atoms with Crippen LogP contribution in [0, 0.1) is 12.7 Å². The third-order valence-corrected chi connectivity index (χ3v) is 4.08. The Labute approximate surface area is 162 Å². The van der Waals surface area contributed by atoms with Gasteiger partial charge in [0.1, 0.15) is 17.3 Å². The molecular formula is C23H19FO4. The van der Waals surface area contributed by atoms with Crippen molar-refractivity contribution in [2.24, 2.45) is 0 Å². The van der Waals surface area contributed by atoms with Crippen LogP contribution in [0.5, 0.6) is 11.5 Å². The first-order chi connectivity index (χ1) is 13.4. The maximum absolute atomic E-state index is 13.0. The summed E-state index contributed by atoms with van der Waals surface area (Å²) in [6.07, 6.45) is -0.790. The van der Waals surface area contributed by atoms with Crippen LogP contribution < -0.4 is 9.47 Å². The van der Waals surface area contributed by atoms with Crippen LogP contribution in [0.3, 0.4) is 0 Å². The average Bonchev–Trinajstić information content (AvgIpc) is 2.68. The zero-order chi connectivity index (χ0) is 20.1. The fourth-order valence-electron chi connectivity index (χ4n) is 2.58. The molecule has 0 amide bonds. The Morgan fingerprint density at radius 3 is 2.07 bits per heavy atom. The molecule has 1 atom stereocenters. The summed E-state index contributed by atoms with van der Waals surface area (Å²) in [4.78, 5) is 24.6. The number of benzene rings is 3. The lowest BCUT2D eigenvalue weighted by Gasteiger charge is -2.14. The molecule has 0 spiro atoms. The molecule has 0 saturated heterocycles. The van der Waals surface area contributed by atoms with Crippen molar-refractivity contribution < 1.29 is 23.5 Å². The standard InChI is InChI=1S/C23H19FO4/c1-15-4-3-5-21(14-15)27-16(2)23(26)28-20-12-8-18(9-13-20)22(25)17-6-10-19(24)11-7-17/h3-14,16H,1-2H3/t16-/m1/s1. The van der Waals surface area contributed by atoms with Crippen LogP contribution in [-0.2, 0) is 4.79 Å². The molecule has 0 bridgehead atoms. The summed E-state index contributed by atoms with van der Waals surface area (Å²) in [5.74, 6) is -0.293. The first-order valence-electron chi connectivity index (χ1n) is 8.78. The maximum Gasteiger partial charge on any atom is 0.352 e. The quantitative estimate of drug-likeness (QED) is 0.353. The Hall–Kier alpha value is -3.47. The number of carbonyl (C=O) groups is 2. The number of aryl methyl sites for hydroxylation is 1. The Balaban J connectivity index is 1.62. The van der Waals surface area contributed by atoms with Gasteiger partial charge in [-0.3, -0.25) is 4.79 Å². The summed E-state index contributed by atoms with van der Waals surface area (Å²) < 4.78 is 23.9. The second-order valence-corrected chi connectivity index (χ2v) is 6.36. The number of hydrogen-bond acceptors (Lipinski definition) is 4. The molecule has 5 heteroatoms. The summed E-state index contributed by atoms with van der Waals surface area (Å²) in [5, 5.41) is 0. The van der Waals surface area contributed by atoms with Gasteiger partial charge in [0.2, 0.25) is 0 Å². The van der Waals surface area contributed by atoms with Crippen molar-refractivity contribution in [1.82, 2.24) is 0 Å². The molecule has 0 aliphatic heterocycles. The fourth-order valence-corrected chi connectivity index (χ4v) is 2.58. The smallest absolute Gasteiger partial charge is 0.352 e. The molecule has 0 fully saturated rings. The zero-order valence-corrected chi connectivity index (χ0v) is 15.5. The summed E-state index contributed by atoms with van der Waals surface area (Å²) in [6, 6.07) is 18.9. The minimum atomic E-state index is -0.790. The number of halogens is 1. The molecule has 0 N–H and O–H groups in total. The SMILES string of the molecule is Cc1cccc(O[C@H](C)C(=O)Oc2ccc(C(=O)c3ccc(F)cc3)cc2)c1. The van der Waals surface area contributed by atoms with Gasteiger partial charge in [-0.15, -0.1) is 0 Å². The Kier molecular flexibility index (Phi) is 5.84. The molecule has 0 aromatic heterocycles. The van der Waals surface area contributed by atoms with Gasteiger partial charge in [0.15, 0.2) is 11.9 Å². The number of carbonyl (C=O) groups excluding carboxylic acids is 2. The molecule has 0 radical (unpaired) electrons. The number of esters is 1. The highest BCUT2D eigenvalue weighted by Crippen LogP contribution is 2.18. The van der Waals surface area contributed by atoms with Gasteiger partial charge < -0.3 is 9.47 Å². The van der Waals surface area contributed by atoms with E-state index in [1.807, 2.05) is 25.1 Å². The molecule has 142 valence electrons. The van der Waals surface area contributed by atoms with Crippen molar-refractivity contribution in [2.45, 2.75) is 20.0 Å². The lowest BCUT2D eigenvalue weighted by atomic mass is 10.0. The summed E-state index contributed by atoms with van der Waals surface area (Å²) in [5.41, 5.74) is 1.82. The summed E-state index contributed by atoms with van der Waals surface area (Å²) in [7, 11) is 0. The van der Waals surface area contributed by atoms with Crippen molar-refractivity contribution >= 4 is 11.8 Å². The van der Waals surface area contributed by atoms with E-state index in [1.165, 1.54) is 36.4 Å². The molecular weight excluding hydrogens is 359 g/mol. The molecule has 3 rings (SSSR count). The Morgan fingerprint density at radius 1 is 0.857 bits per heavy atom. The van der Waals surface area contributed by atoms with Gasteiger partial charge in [-0.2, -0.15) is 0 Å². The van der Waals surface area contributed by atoms with Crippen molar-refractivity contribution in [1.29, 1.82) is 0 Å². The Morgan fingerprint density at radius 2 is 1.46 bits per heavy atom. The van der Waals surface area contributed by atoms with E-state index in [9.17, 15) is 14.0 Å². The minimum Gasteiger partial charge on any atom is -0.479 e. The van der Waals surface area contributed by atoms with E-state index in [4.69, 9.17) is 9.47 Å². The van der Waals surface area contributed by atoms with Crippen LogP contribution in [0.4, 0.5) is 4.39 Å². The van der Waals surface area contributed by atoms with Gasteiger partial charge >= 0.3 is 5.97 Å². The van der Waals surface area contributed by atoms with E-state index in [-0.39, 0.29) is 5.78 Å². The predicted octanol–water partition coefficient (Wildman–Crippen LogP) is 4.74. The first-order valence-corrected chi connectivity index (χ1v) is 8.78. The van der Waals surface area contributed by atoms with Crippen LogP contribution in [0.2, 0.25) is 0 Å². The Bertz CT molecular complexity index is 978. The second kappa shape index (κ2) is 8.48. The number of ketones is 1. The van der Waals surface area contributed by atoms with Crippen molar-refractivity contribution in [3.63, 3.8) is 0 Å². The van der Waals surface area contributed by atoms with Crippen LogP contribution >= 0.6 is 0 Å². The fraction of sp³-hybridized carbons (Fsp3) is 0.130. The molecule has 0 saturated carbocycles. The molecule has 0 aliphatic rings. The van der Waals surface area contributed by atoms with Crippen LogP contribution in [-0.4, -0.2) is 17.9 Å². The largest absolute Gasteiger partial charge is 0.479 e. The summed E-state index contributed by atoms with van der Waals surface area (Å²) in [6.45, 7) is 3.54. The van der Waals surface area contributed by atoms with Crippen molar-refractivity contribution in [3.8, 4) is 11.5 Å². The van der Waals surface area contributed by atoms with E-state index in [1.54, 1.807) is 25.1 Å². The molecule has 0 heterocycles. The summed E-state index contributed by atoms with van der Waals surface area (Å²) >= 11 is 0. The van der Waals surface area contributed by atoms with Gasteiger partial charge in [-0.1, -0.05) is 12.1 Å². The molecule has 0 aliphatic carbocycles. The van der Waals surface area contributed by atoms with Gasteiger partial charge in [-0.25, -0.2) is 9.18 Å². The first kappa shape index (κ1) is 19.3. The monoisotopic (exact) mass is 378 g/mol. The number of hydrogen-bond donors (Lipinski definition) is 0. The van der Waals surface area contributed by atoms with Crippen molar-refractivity contribution in [3.05, 3.63) is 95.3 Å². The van der Waals surface area contributed by atoms with E-state index in [0.29, 0.717) is 22.6 Å². The third kappa shape index (κ3) is 4.82.